The summed E-state index contributed by atoms with van der Waals surface area (Å²) < 4.78 is 28.6. The highest BCUT2D eigenvalue weighted by Crippen LogP contribution is 2.22. The molecule has 1 fully saturated rings. The van der Waals surface area contributed by atoms with E-state index in [0.717, 1.165) is 5.56 Å². The highest BCUT2D eigenvalue weighted by atomic mass is 32.2. The van der Waals surface area contributed by atoms with Crippen LogP contribution in [-0.4, -0.2) is 46.0 Å². The molecule has 2 radical (unpaired) electrons. The van der Waals surface area contributed by atoms with Crippen molar-refractivity contribution in [2.75, 3.05) is 13.1 Å². The van der Waals surface area contributed by atoms with Gasteiger partial charge in [0.1, 0.15) is 5.84 Å². The van der Waals surface area contributed by atoms with Gasteiger partial charge in [0.25, 0.3) is 10.0 Å². The number of amides is 1. The Balaban J connectivity index is 2.31. The Morgan fingerprint density at radius 3 is 2.64 bits per heavy atom. The summed E-state index contributed by atoms with van der Waals surface area (Å²) in [5.74, 6) is -0.337. The molecular weight excluding hydrogens is 301 g/mol. The summed E-state index contributed by atoms with van der Waals surface area (Å²) in [4.78, 5) is 12.8. The monoisotopic (exact) mass is 319 g/mol. The van der Waals surface area contributed by atoms with Crippen molar-refractivity contribution in [3.63, 3.8) is 0 Å². The lowest BCUT2D eigenvalue weighted by atomic mass is 9.80. The number of carbonyl (C=O) groups excluding carboxylic acids is 1. The predicted molar refractivity (Wildman–Crippen MR) is 85.3 cm³/mol. The molecule has 0 spiro atoms. The lowest BCUT2D eigenvalue weighted by molar-refractivity contribution is -0.118. The SMILES string of the molecule is [B]C1CCC(=NS(=O)(=O)c2ccc(C)cc2)N(CC(N)=O)C1. The van der Waals surface area contributed by atoms with E-state index in [4.69, 9.17) is 13.6 Å². The minimum absolute atomic E-state index is 0.0874. The van der Waals surface area contributed by atoms with Gasteiger partial charge in [0.15, 0.2) is 0 Å². The number of carbonyl (C=O) groups is 1. The molecule has 22 heavy (non-hydrogen) atoms. The molecule has 8 heteroatoms. The standard InChI is InChI=1S/C14H18BN3O3S/c1-10-2-5-12(6-3-10)22(20,21)17-14-7-4-11(15)8-18(14)9-13(16)19/h2-3,5-6,11H,4,7-9H2,1H3,(H2,16,19). The largest absolute Gasteiger partial charge is 0.368 e. The first-order valence-electron chi connectivity index (χ1n) is 6.97. The van der Waals surface area contributed by atoms with Crippen molar-refractivity contribution in [2.24, 2.45) is 10.1 Å². The molecule has 6 nitrogen and oxygen atoms in total. The number of benzene rings is 1. The van der Waals surface area contributed by atoms with Gasteiger partial charge in [0.05, 0.1) is 19.3 Å². The molecule has 1 aromatic carbocycles. The number of hydrogen-bond donors (Lipinski definition) is 1. The Morgan fingerprint density at radius 1 is 1.41 bits per heavy atom. The Labute approximate surface area is 131 Å². The van der Waals surface area contributed by atoms with Crippen molar-refractivity contribution < 1.29 is 13.2 Å². The Hall–Kier alpha value is -1.83. The zero-order chi connectivity index (χ0) is 16.3. The van der Waals surface area contributed by atoms with Crippen molar-refractivity contribution in [3.05, 3.63) is 29.8 Å². The van der Waals surface area contributed by atoms with Gasteiger partial charge in [-0.15, -0.1) is 4.40 Å². The number of nitrogens with two attached hydrogens (primary N) is 1. The fraction of sp³-hybridized carbons (Fsp3) is 0.429. The Morgan fingerprint density at radius 2 is 2.05 bits per heavy atom. The third-order valence-corrected chi connectivity index (χ3v) is 4.77. The number of sulfonamides is 1. The highest BCUT2D eigenvalue weighted by Gasteiger charge is 2.25. The first kappa shape index (κ1) is 16.5. The summed E-state index contributed by atoms with van der Waals surface area (Å²) in [7, 11) is 2.05. The maximum absolute atomic E-state index is 12.4. The third-order valence-electron chi connectivity index (χ3n) is 3.45. The van der Waals surface area contributed by atoms with Gasteiger partial charge in [0, 0.05) is 13.0 Å². The van der Waals surface area contributed by atoms with Crippen molar-refractivity contribution in [3.8, 4) is 0 Å². The van der Waals surface area contributed by atoms with Gasteiger partial charge in [-0.25, -0.2) is 0 Å². The second-order valence-corrected chi connectivity index (χ2v) is 7.05. The molecule has 1 heterocycles. The normalized spacial score (nSPS) is 21.0. The topological polar surface area (TPSA) is 92.8 Å². The number of amidine groups is 1. The molecule has 0 aliphatic carbocycles. The molecule has 1 aromatic rings. The first-order chi connectivity index (χ1) is 10.3. The Bertz CT molecular complexity index is 686. The van der Waals surface area contributed by atoms with Gasteiger partial charge in [-0.1, -0.05) is 23.5 Å². The van der Waals surface area contributed by atoms with Crippen LogP contribution in [0.15, 0.2) is 33.6 Å². The van der Waals surface area contributed by atoms with Crippen LogP contribution in [0.3, 0.4) is 0 Å². The zero-order valence-electron chi connectivity index (χ0n) is 12.4. The zero-order valence-corrected chi connectivity index (χ0v) is 13.2. The average molecular weight is 319 g/mol. The van der Waals surface area contributed by atoms with Crippen LogP contribution >= 0.6 is 0 Å². The molecule has 0 aromatic heterocycles. The summed E-state index contributed by atoms with van der Waals surface area (Å²) in [5.41, 5.74) is 6.16. The second kappa shape index (κ2) is 6.52. The number of hydrogen-bond acceptors (Lipinski definition) is 3. The molecule has 1 saturated heterocycles. The van der Waals surface area contributed by atoms with Crippen LogP contribution < -0.4 is 5.73 Å². The molecule has 1 atom stereocenters. The number of rotatable bonds is 4. The fourth-order valence-electron chi connectivity index (χ4n) is 2.30. The maximum Gasteiger partial charge on any atom is 0.283 e. The van der Waals surface area contributed by atoms with E-state index in [2.05, 4.69) is 4.40 Å². The van der Waals surface area contributed by atoms with Crippen LogP contribution in [0.1, 0.15) is 18.4 Å². The van der Waals surface area contributed by atoms with Crippen molar-refractivity contribution in [2.45, 2.75) is 30.5 Å². The molecule has 2 rings (SSSR count). The van der Waals surface area contributed by atoms with Gasteiger partial charge in [-0.3, -0.25) is 4.79 Å². The number of aryl methyl sites for hydroxylation is 1. The second-order valence-electron chi connectivity index (χ2n) is 5.44. The van der Waals surface area contributed by atoms with E-state index >= 15 is 0 Å². The molecule has 1 aliphatic heterocycles. The van der Waals surface area contributed by atoms with E-state index in [0.29, 0.717) is 25.2 Å². The Kier molecular flexibility index (Phi) is 4.90. The molecule has 0 bridgehead atoms. The van der Waals surface area contributed by atoms with Crippen molar-refractivity contribution in [1.29, 1.82) is 0 Å². The van der Waals surface area contributed by atoms with E-state index in [-0.39, 0.29) is 17.3 Å². The van der Waals surface area contributed by atoms with Gasteiger partial charge in [-0.2, -0.15) is 8.42 Å². The third kappa shape index (κ3) is 4.10. The van der Waals surface area contributed by atoms with E-state index < -0.39 is 15.9 Å². The van der Waals surface area contributed by atoms with Crippen LogP contribution in [-0.2, 0) is 14.8 Å². The van der Waals surface area contributed by atoms with E-state index in [1.54, 1.807) is 17.0 Å². The van der Waals surface area contributed by atoms with Gasteiger partial charge in [0.2, 0.25) is 5.91 Å². The number of likely N-dealkylation sites (tertiary alicyclic amines) is 1. The van der Waals surface area contributed by atoms with Crippen LogP contribution in [0.5, 0.6) is 0 Å². The quantitative estimate of drug-likeness (QED) is 0.823. The molecular formula is C14H18BN3O3S. The van der Waals surface area contributed by atoms with Gasteiger partial charge >= 0.3 is 0 Å². The highest BCUT2D eigenvalue weighted by molar-refractivity contribution is 7.90. The minimum atomic E-state index is -3.81. The number of primary amides is 1. The van der Waals surface area contributed by atoms with E-state index in [1.165, 1.54) is 12.1 Å². The van der Waals surface area contributed by atoms with Crippen molar-refractivity contribution >= 4 is 29.6 Å². The minimum Gasteiger partial charge on any atom is -0.368 e. The lowest BCUT2D eigenvalue weighted by Crippen LogP contribution is -2.43. The molecule has 116 valence electrons. The summed E-state index contributed by atoms with van der Waals surface area (Å²) in [6.45, 7) is 2.15. The van der Waals surface area contributed by atoms with Crippen LogP contribution in [0.2, 0.25) is 5.82 Å². The summed E-state index contributed by atoms with van der Waals surface area (Å²) in [6, 6.07) is 6.46. The summed E-state index contributed by atoms with van der Waals surface area (Å²) in [5, 5.41) is 0. The molecule has 0 saturated carbocycles. The van der Waals surface area contributed by atoms with Gasteiger partial charge in [-0.05, 0) is 25.5 Å². The molecule has 1 amide bonds. The van der Waals surface area contributed by atoms with E-state index in [1.807, 2.05) is 6.92 Å². The van der Waals surface area contributed by atoms with Crippen molar-refractivity contribution in [1.82, 2.24) is 4.90 Å². The average Bonchev–Trinajstić information content (AvgIpc) is 2.41. The number of nitrogens with zero attached hydrogens (tertiary/aromatic N) is 2. The predicted octanol–water partition coefficient (Wildman–Crippen LogP) is 0.620. The van der Waals surface area contributed by atoms with Crippen LogP contribution in [0.25, 0.3) is 0 Å². The smallest absolute Gasteiger partial charge is 0.283 e. The van der Waals surface area contributed by atoms with Crippen LogP contribution in [0.4, 0.5) is 0 Å². The molecule has 2 N–H and O–H groups in total. The molecule has 1 unspecified atom stereocenters. The fourth-order valence-corrected chi connectivity index (χ4v) is 3.37. The lowest BCUT2D eigenvalue weighted by Gasteiger charge is -2.33. The number of piperidine rings is 1. The summed E-state index contributed by atoms with van der Waals surface area (Å²) in [6.07, 6.45) is 1.02. The molecule has 1 aliphatic rings. The first-order valence-corrected chi connectivity index (χ1v) is 8.41. The van der Waals surface area contributed by atoms with E-state index in [9.17, 15) is 13.2 Å². The van der Waals surface area contributed by atoms with Crippen LogP contribution in [0, 0.1) is 6.92 Å². The van der Waals surface area contributed by atoms with Gasteiger partial charge < -0.3 is 10.6 Å². The summed E-state index contributed by atoms with van der Waals surface area (Å²) >= 11 is 0. The maximum atomic E-state index is 12.4.